The van der Waals surface area contributed by atoms with Gasteiger partial charge in [-0.1, -0.05) is 30.3 Å². The first-order chi connectivity index (χ1) is 12.0. The highest BCUT2D eigenvalue weighted by atomic mass is 16.2. The Bertz CT molecular complexity index is 816. The first-order valence-corrected chi connectivity index (χ1v) is 8.36. The third kappa shape index (κ3) is 3.28. The first kappa shape index (κ1) is 16.8. The number of aliphatic imine (C=N–C) groups is 1. The molecule has 0 saturated carbocycles. The van der Waals surface area contributed by atoms with E-state index in [1.54, 1.807) is 11.0 Å². The zero-order valence-electron chi connectivity index (χ0n) is 14.5. The smallest absolute Gasteiger partial charge is 0.322 e. The van der Waals surface area contributed by atoms with E-state index in [0.717, 1.165) is 16.8 Å². The number of nitrogens with zero attached hydrogens (tertiary/aromatic N) is 2. The summed E-state index contributed by atoms with van der Waals surface area (Å²) in [6, 6.07) is 13.5. The number of nitrogens with two attached hydrogens (primary N) is 2. The Morgan fingerprint density at radius 2 is 2.04 bits per heavy atom. The van der Waals surface area contributed by atoms with Crippen LogP contribution >= 0.6 is 0 Å². The molecular weight excluding hydrogens is 314 g/mol. The normalized spacial score (nSPS) is 15.5. The van der Waals surface area contributed by atoms with Crippen molar-refractivity contribution >= 4 is 23.2 Å². The number of urea groups is 1. The predicted octanol–water partition coefficient (Wildman–Crippen LogP) is 3.10. The Morgan fingerprint density at radius 3 is 2.72 bits per heavy atom. The molecule has 1 unspecified atom stereocenters. The lowest BCUT2D eigenvalue weighted by Gasteiger charge is -2.34. The molecule has 2 aromatic carbocycles. The number of amides is 2. The molecule has 0 aliphatic carbocycles. The molecular formula is C19H23N5O. The van der Waals surface area contributed by atoms with Crippen LogP contribution in [-0.2, 0) is 6.54 Å². The van der Waals surface area contributed by atoms with Crippen molar-refractivity contribution in [2.24, 2.45) is 10.7 Å². The van der Waals surface area contributed by atoms with Gasteiger partial charge in [0.2, 0.25) is 0 Å². The number of rotatable bonds is 4. The van der Waals surface area contributed by atoms with Gasteiger partial charge in [0, 0.05) is 23.5 Å². The third-order valence-electron chi connectivity index (χ3n) is 4.47. The highest BCUT2D eigenvalue weighted by Gasteiger charge is 2.28. The minimum Gasteiger partial charge on any atom is -0.398 e. The van der Waals surface area contributed by atoms with E-state index in [4.69, 9.17) is 11.5 Å². The largest absolute Gasteiger partial charge is 0.398 e. The molecule has 1 aliphatic heterocycles. The lowest BCUT2D eigenvalue weighted by Crippen LogP contribution is -2.40. The van der Waals surface area contributed by atoms with Crippen LogP contribution in [0.1, 0.15) is 36.6 Å². The Kier molecular flexibility index (Phi) is 4.61. The number of hydrogen-bond donors (Lipinski definition) is 3. The minimum absolute atomic E-state index is 0.0444. The maximum atomic E-state index is 12.5. The van der Waals surface area contributed by atoms with Crippen molar-refractivity contribution in [3.05, 3.63) is 59.2 Å². The Labute approximate surface area is 147 Å². The zero-order chi connectivity index (χ0) is 18.0. The topological polar surface area (TPSA) is 96.7 Å². The van der Waals surface area contributed by atoms with Gasteiger partial charge in [-0.25, -0.2) is 4.79 Å². The molecule has 6 heteroatoms. The molecule has 0 aromatic heterocycles. The molecule has 2 aromatic rings. The molecule has 130 valence electrons. The summed E-state index contributed by atoms with van der Waals surface area (Å²) in [6.45, 7) is 5.02. The maximum Gasteiger partial charge on any atom is 0.322 e. The van der Waals surface area contributed by atoms with E-state index in [1.807, 2.05) is 50.2 Å². The average molecular weight is 337 g/mol. The summed E-state index contributed by atoms with van der Waals surface area (Å²) >= 11 is 0. The molecule has 2 amide bonds. The molecule has 1 aliphatic rings. The Balaban J connectivity index is 1.94. The van der Waals surface area contributed by atoms with Gasteiger partial charge >= 0.3 is 6.03 Å². The molecule has 25 heavy (non-hydrogen) atoms. The van der Waals surface area contributed by atoms with Gasteiger partial charge in [0.15, 0.2) is 0 Å². The SMILES string of the molecule is CCN=C(N)c1cc2c(cc1N)NC(=O)N(C(C)c1ccccc1)C2. The molecule has 3 rings (SSSR count). The molecule has 0 radical (unpaired) electrons. The number of carbonyl (C=O) groups is 1. The van der Waals surface area contributed by atoms with E-state index in [-0.39, 0.29) is 12.1 Å². The number of amidine groups is 1. The molecule has 0 spiro atoms. The van der Waals surface area contributed by atoms with Crippen LogP contribution in [0.4, 0.5) is 16.2 Å². The zero-order valence-corrected chi connectivity index (χ0v) is 14.5. The molecule has 1 heterocycles. The first-order valence-electron chi connectivity index (χ1n) is 8.36. The lowest BCUT2D eigenvalue weighted by atomic mass is 10.0. The van der Waals surface area contributed by atoms with Crippen molar-refractivity contribution in [2.75, 3.05) is 17.6 Å². The summed E-state index contributed by atoms with van der Waals surface area (Å²) in [5.74, 6) is 0.419. The highest BCUT2D eigenvalue weighted by Crippen LogP contribution is 2.32. The number of hydrogen-bond acceptors (Lipinski definition) is 3. The summed E-state index contributed by atoms with van der Waals surface area (Å²) in [7, 11) is 0. The molecule has 0 bridgehead atoms. The van der Waals surface area contributed by atoms with E-state index in [0.29, 0.717) is 30.2 Å². The van der Waals surface area contributed by atoms with E-state index < -0.39 is 0 Å². The van der Waals surface area contributed by atoms with Crippen LogP contribution in [0.2, 0.25) is 0 Å². The fraction of sp³-hybridized carbons (Fsp3) is 0.263. The van der Waals surface area contributed by atoms with Gasteiger partial charge < -0.3 is 21.7 Å². The standard InChI is InChI=1S/C19H23N5O/c1-3-22-18(21)15-9-14-11-24(12(2)13-7-5-4-6-8-13)19(25)23-17(14)10-16(15)20/h4-10,12H,3,11,20H2,1-2H3,(H2,21,22)(H,23,25). The van der Waals surface area contributed by atoms with Crippen LogP contribution in [0.5, 0.6) is 0 Å². The van der Waals surface area contributed by atoms with Crippen LogP contribution in [0, 0.1) is 0 Å². The van der Waals surface area contributed by atoms with Crippen LogP contribution < -0.4 is 16.8 Å². The second-order valence-corrected chi connectivity index (χ2v) is 6.10. The van der Waals surface area contributed by atoms with E-state index in [1.165, 1.54) is 0 Å². The van der Waals surface area contributed by atoms with Gasteiger partial charge in [0.25, 0.3) is 0 Å². The van der Waals surface area contributed by atoms with Crippen molar-refractivity contribution in [1.82, 2.24) is 4.90 Å². The Morgan fingerprint density at radius 1 is 1.32 bits per heavy atom. The van der Waals surface area contributed by atoms with Crippen LogP contribution in [0.15, 0.2) is 47.5 Å². The van der Waals surface area contributed by atoms with Gasteiger partial charge in [-0.3, -0.25) is 4.99 Å². The molecule has 1 atom stereocenters. The lowest BCUT2D eigenvalue weighted by molar-refractivity contribution is 0.186. The maximum absolute atomic E-state index is 12.5. The Hall–Kier alpha value is -3.02. The average Bonchev–Trinajstić information content (AvgIpc) is 2.61. The number of benzene rings is 2. The van der Waals surface area contributed by atoms with Crippen LogP contribution in [0.25, 0.3) is 0 Å². The number of nitrogens with one attached hydrogen (secondary N) is 1. The molecule has 6 nitrogen and oxygen atoms in total. The summed E-state index contributed by atoms with van der Waals surface area (Å²) < 4.78 is 0. The quantitative estimate of drug-likeness (QED) is 0.454. The van der Waals surface area contributed by atoms with Crippen molar-refractivity contribution in [1.29, 1.82) is 0 Å². The molecule has 5 N–H and O–H groups in total. The third-order valence-corrected chi connectivity index (χ3v) is 4.47. The van der Waals surface area contributed by atoms with E-state index in [9.17, 15) is 4.79 Å². The molecule has 0 fully saturated rings. The van der Waals surface area contributed by atoms with Gasteiger partial charge in [0.05, 0.1) is 12.6 Å². The van der Waals surface area contributed by atoms with Gasteiger partial charge in [0.1, 0.15) is 5.84 Å². The van der Waals surface area contributed by atoms with Crippen molar-refractivity contribution < 1.29 is 4.79 Å². The monoisotopic (exact) mass is 337 g/mol. The van der Waals surface area contributed by atoms with Gasteiger partial charge in [-0.05, 0) is 37.1 Å². The number of nitrogen functional groups attached to an aromatic ring is 1. The number of anilines is 2. The minimum atomic E-state index is -0.133. The van der Waals surface area contributed by atoms with Crippen molar-refractivity contribution in [3.8, 4) is 0 Å². The highest BCUT2D eigenvalue weighted by molar-refractivity contribution is 6.04. The van der Waals surface area contributed by atoms with E-state index in [2.05, 4.69) is 10.3 Å². The summed E-state index contributed by atoms with van der Waals surface area (Å²) in [5.41, 5.74) is 16.1. The van der Waals surface area contributed by atoms with E-state index >= 15 is 0 Å². The second kappa shape index (κ2) is 6.84. The van der Waals surface area contributed by atoms with Gasteiger partial charge in [-0.2, -0.15) is 0 Å². The van der Waals surface area contributed by atoms with Crippen molar-refractivity contribution in [3.63, 3.8) is 0 Å². The second-order valence-electron chi connectivity index (χ2n) is 6.10. The van der Waals surface area contributed by atoms with Crippen LogP contribution in [-0.4, -0.2) is 23.3 Å². The molecule has 0 saturated heterocycles. The fourth-order valence-electron chi connectivity index (χ4n) is 3.05. The van der Waals surface area contributed by atoms with Gasteiger partial charge in [-0.15, -0.1) is 0 Å². The predicted molar refractivity (Wildman–Crippen MR) is 102 cm³/mol. The fourth-order valence-corrected chi connectivity index (χ4v) is 3.05. The summed E-state index contributed by atoms with van der Waals surface area (Å²) in [4.78, 5) is 18.6. The van der Waals surface area contributed by atoms with Crippen LogP contribution in [0.3, 0.4) is 0 Å². The number of fused-ring (bicyclic) bond motifs is 1. The summed E-state index contributed by atoms with van der Waals surface area (Å²) in [6.07, 6.45) is 0. The summed E-state index contributed by atoms with van der Waals surface area (Å²) in [5, 5.41) is 2.93. The number of carbonyl (C=O) groups excluding carboxylic acids is 1. The van der Waals surface area contributed by atoms with Crippen molar-refractivity contribution in [2.45, 2.75) is 26.4 Å².